The standard InChI is InChI=1S/C49H61N7O5/c1-61-32-31-56(35-49(39-7-3-2-4-8-39)22-29-55(30-23-49)41-33-44(52-50-34-41)43-9-5-6-10-45(43)57)48(60)38-20-25-53(26-21-38)24-17-36-18-27-54(28-19-36)40-13-11-37(12-14-40)42-15-16-46(58)51-47(42)59/h2-14,33-34,36,38,42,57H,15-32,35H2,1H3,(H,51,58,59)/t42-/m0/s1. The van der Waals surface area contributed by atoms with E-state index in [1.807, 2.05) is 18.2 Å². The van der Waals surface area contributed by atoms with Crippen molar-refractivity contribution in [2.24, 2.45) is 11.8 Å². The third kappa shape index (κ3) is 10.1. The number of hydrogen-bond donors (Lipinski definition) is 2. The summed E-state index contributed by atoms with van der Waals surface area (Å²) < 4.78 is 5.57. The van der Waals surface area contributed by atoms with Crippen LogP contribution >= 0.6 is 0 Å². The van der Waals surface area contributed by atoms with Gasteiger partial charge in [0, 0.05) is 75.4 Å². The lowest BCUT2D eigenvalue weighted by Gasteiger charge is -2.46. The Morgan fingerprint density at radius 2 is 1.56 bits per heavy atom. The molecule has 0 spiro atoms. The van der Waals surface area contributed by atoms with Crippen LogP contribution in [-0.4, -0.2) is 115 Å². The van der Waals surface area contributed by atoms with Gasteiger partial charge in [0.2, 0.25) is 17.7 Å². The fourth-order valence-corrected chi connectivity index (χ4v) is 10.1. The Balaban J connectivity index is 0.832. The number of phenolic OH excluding ortho intramolecular Hbond substituents is 1. The smallest absolute Gasteiger partial charge is 0.234 e. The molecule has 0 saturated carbocycles. The van der Waals surface area contributed by atoms with Crippen molar-refractivity contribution < 1.29 is 24.2 Å². The number of benzene rings is 3. The van der Waals surface area contributed by atoms with Gasteiger partial charge in [0.05, 0.1) is 30.1 Å². The fraction of sp³-hybridized carbons (Fsp3) is 0.490. The average Bonchev–Trinajstić information content (AvgIpc) is 3.30. The van der Waals surface area contributed by atoms with Gasteiger partial charge in [0.25, 0.3) is 0 Å². The fourth-order valence-electron chi connectivity index (χ4n) is 10.1. The van der Waals surface area contributed by atoms with Crippen molar-refractivity contribution in [3.8, 4) is 17.0 Å². The summed E-state index contributed by atoms with van der Waals surface area (Å²) in [5.41, 5.74) is 5.54. The molecule has 5 heterocycles. The van der Waals surface area contributed by atoms with Gasteiger partial charge in [0.15, 0.2) is 0 Å². The van der Waals surface area contributed by atoms with Crippen molar-refractivity contribution in [1.29, 1.82) is 0 Å². The summed E-state index contributed by atoms with van der Waals surface area (Å²) in [6.07, 6.45) is 9.82. The number of nitrogens with one attached hydrogen (secondary N) is 1. The zero-order valence-electron chi connectivity index (χ0n) is 35.6. The topological polar surface area (TPSA) is 131 Å². The van der Waals surface area contributed by atoms with Crippen LogP contribution in [0.25, 0.3) is 11.3 Å². The van der Waals surface area contributed by atoms with Crippen LogP contribution < -0.4 is 15.1 Å². The predicted molar refractivity (Wildman–Crippen MR) is 237 cm³/mol. The number of aromatic hydroxyl groups is 1. The first-order valence-electron chi connectivity index (χ1n) is 22.4. The average molecular weight is 828 g/mol. The van der Waals surface area contributed by atoms with Gasteiger partial charge in [-0.25, -0.2) is 0 Å². The number of aromatic nitrogens is 2. The molecule has 61 heavy (non-hydrogen) atoms. The zero-order chi connectivity index (χ0) is 42.2. The Labute approximate surface area is 360 Å². The molecule has 4 saturated heterocycles. The van der Waals surface area contributed by atoms with Crippen molar-refractivity contribution in [2.75, 3.05) is 82.4 Å². The van der Waals surface area contributed by atoms with Crippen molar-refractivity contribution in [2.45, 2.75) is 69.1 Å². The number of carbonyl (C=O) groups excluding carboxylic acids is 3. The summed E-state index contributed by atoms with van der Waals surface area (Å²) in [7, 11) is 1.71. The van der Waals surface area contributed by atoms with E-state index in [1.165, 1.54) is 17.7 Å². The molecule has 1 aromatic heterocycles. The number of phenols is 1. The van der Waals surface area contributed by atoms with E-state index in [-0.39, 0.29) is 40.7 Å². The number of anilines is 2. The van der Waals surface area contributed by atoms with Crippen molar-refractivity contribution in [1.82, 2.24) is 25.3 Å². The van der Waals surface area contributed by atoms with E-state index in [4.69, 9.17) is 4.74 Å². The molecular weight excluding hydrogens is 767 g/mol. The molecule has 0 bridgehead atoms. The first kappa shape index (κ1) is 42.4. The van der Waals surface area contributed by atoms with Crippen LogP contribution in [0.15, 0.2) is 91.1 Å². The van der Waals surface area contributed by atoms with Gasteiger partial charge in [-0.05, 0) is 118 Å². The molecule has 2 N–H and O–H groups in total. The second kappa shape index (κ2) is 19.6. The van der Waals surface area contributed by atoms with Gasteiger partial charge < -0.3 is 29.4 Å². The number of piperidine rings is 4. The summed E-state index contributed by atoms with van der Waals surface area (Å²) >= 11 is 0. The highest BCUT2D eigenvalue weighted by atomic mass is 16.5. The number of hydrogen-bond acceptors (Lipinski definition) is 10. The number of ether oxygens (including phenoxy) is 1. The molecule has 3 amide bonds. The maximum Gasteiger partial charge on any atom is 0.234 e. The molecule has 1 atom stereocenters. The van der Waals surface area contributed by atoms with Crippen LogP contribution in [0.2, 0.25) is 0 Å². The van der Waals surface area contributed by atoms with E-state index in [0.29, 0.717) is 49.7 Å². The van der Waals surface area contributed by atoms with E-state index in [9.17, 15) is 19.5 Å². The van der Waals surface area contributed by atoms with Crippen LogP contribution in [0.5, 0.6) is 5.75 Å². The number of para-hydroxylation sites is 1. The number of methoxy groups -OCH3 is 1. The summed E-state index contributed by atoms with van der Waals surface area (Å²) in [4.78, 5) is 47.9. The number of carbonyl (C=O) groups is 3. The largest absolute Gasteiger partial charge is 0.507 e. The van der Waals surface area contributed by atoms with E-state index in [0.717, 1.165) is 95.6 Å². The molecule has 0 aliphatic carbocycles. The number of nitrogens with zero attached hydrogens (tertiary/aromatic N) is 6. The molecule has 12 nitrogen and oxygen atoms in total. The van der Waals surface area contributed by atoms with Gasteiger partial charge in [-0.15, -0.1) is 0 Å². The molecule has 4 aromatic rings. The summed E-state index contributed by atoms with van der Waals surface area (Å²) in [5, 5.41) is 21.6. The normalized spacial score (nSPS) is 20.4. The minimum Gasteiger partial charge on any atom is -0.507 e. The lowest BCUT2D eigenvalue weighted by atomic mass is 9.72. The van der Waals surface area contributed by atoms with E-state index in [2.05, 4.69) is 89.7 Å². The minimum atomic E-state index is -0.248. The third-order valence-corrected chi connectivity index (χ3v) is 14.0. The van der Waals surface area contributed by atoms with Crippen LogP contribution in [0.4, 0.5) is 11.4 Å². The van der Waals surface area contributed by atoms with Gasteiger partial charge in [-0.3, -0.25) is 19.7 Å². The van der Waals surface area contributed by atoms with E-state index >= 15 is 0 Å². The van der Waals surface area contributed by atoms with Crippen molar-refractivity contribution in [3.05, 3.63) is 102 Å². The SMILES string of the molecule is COCCN(CC1(c2ccccc2)CCN(c2cnnc(-c3ccccc3O)c2)CC1)C(=O)C1CCN(CCC2CCN(c3ccc([C@@H]4CCC(=O)NC4=O)cc3)CC2)CC1. The lowest BCUT2D eigenvalue weighted by molar-refractivity contribution is -0.139. The van der Waals surface area contributed by atoms with Crippen LogP contribution in [-0.2, 0) is 24.5 Å². The van der Waals surface area contributed by atoms with Crippen molar-refractivity contribution in [3.63, 3.8) is 0 Å². The van der Waals surface area contributed by atoms with E-state index in [1.54, 1.807) is 25.4 Å². The molecule has 0 radical (unpaired) electrons. The quantitative estimate of drug-likeness (QED) is 0.138. The summed E-state index contributed by atoms with van der Waals surface area (Å²) in [6, 6.07) is 28.3. The van der Waals surface area contributed by atoms with Crippen molar-refractivity contribution >= 4 is 29.1 Å². The lowest BCUT2D eigenvalue weighted by Crippen LogP contribution is -2.53. The predicted octanol–water partition coefficient (Wildman–Crippen LogP) is 6.40. The molecule has 8 rings (SSSR count). The number of likely N-dealkylation sites (tertiary alicyclic amines) is 1. The number of imide groups is 1. The Morgan fingerprint density at radius 1 is 0.852 bits per heavy atom. The Bertz CT molecular complexity index is 2090. The molecular formula is C49H61N7O5. The molecule has 4 aliphatic heterocycles. The highest BCUT2D eigenvalue weighted by molar-refractivity contribution is 6.01. The Morgan fingerprint density at radius 3 is 2.26 bits per heavy atom. The van der Waals surface area contributed by atoms with E-state index < -0.39 is 0 Å². The molecule has 3 aromatic carbocycles. The Hall–Kier alpha value is -5.33. The molecule has 4 aliphatic rings. The highest BCUT2D eigenvalue weighted by Crippen LogP contribution is 2.39. The number of rotatable bonds is 14. The minimum absolute atomic E-state index is 0.0151. The van der Waals surface area contributed by atoms with Crippen LogP contribution in [0.3, 0.4) is 0 Å². The molecule has 0 unspecified atom stereocenters. The van der Waals surface area contributed by atoms with Gasteiger partial charge in [0.1, 0.15) is 5.75 Å². The zero-order valence-corrected chi connectivity index (χ0v) is 35.6. The molecule has 322 valence electrons. The second-order valence-corrected chi connectivity index (χ2v) is 17.6. The maximum absolute atomic E-state index is 14.5. The molecule has 12 heteroatoms. The monoisotopic (exact) mass is 827 g/mol. The molecule has 4 fully saturated rings. The summed E-state index contributed by atoms with van der Waals surface area (Å²) in [6.45, 7) is 8.40. The van der Waals surface area contributed by atoms with Gasteiger partial charge >= 0.3 is 0 Å². The first-order valence-corrected chi connectivity index (χ1v) is 22.4. The third-order valence-electron chi connectivity index (χ3n) is 14.0. The van der Waals surface area contributed by atoms with Gasteiger partial charge in [-0.1, -0.05) is 54.6 Å². The second-order valence-electron chi connectivity index (χ2n) is 17.6. The van der Waals surface area contributed by atoms with Gasteiger partial charge in [-0.2, -0.15) is 10.2 Å². The number of amides is 3. The summed E-state index contributed by atoms with van der Waals surface area (Å²) in [5.74, 6) is 0.539. The highest BCUT2D eigenvalue weighted by Gasteiger charge is 2.40. The Kier molecular flexibility index (Phi) is 13.6. The first-order chi connectivity index (χ1) is 29.8. The van der Waals surface area contributed by atoms with Crippen LogP contribution in [0, 0.1) is 11.8 Å². The maximum atomic E-state index is 14.5. The van der Waals surface area contributed by atoms with Crippen LogP contribution in [0.1, 0.15) is 74.8 Å².